The van der Waals surface area contributed by atoms with Crippen LogP contribution in [0.5, 0.6) is 0 Å². The molecule has 0 unspecified atom stereocenters. The number of aryl methyl sites for hydroxylation is 1. The second-order valence-electron chi connectivity index (χ2n) is 4.25. The zero-order valence-corrected chi connectivity index (χ0v) is 11.2. The summed E-state index contributed by atoms with van der Waals surface area (Å²) in [7, 11) is 0. The van der Waals surface area contributed by atoms with Gasteiger partial charge in [0.05, 0.1) is 6.61 Å². The summed E-state index contributed by atoms with van der Waals surface area (Å²) in [6, 6.07) is 0. The van der Waals surface area contributed by atoms with Gasteiger partial charge >= 0.3 is 5.69 Å². The average Bonchev–Trinajstić information content (AvgIpc) is 2.79. The van der Waals surface area contributed by atoms with Gasteiger partial charge in [0.15, 0.2) is 5.65 Å². The Morgan fingerprint density at radius 3 is 2.68 bits per heavy atom. The highest BCUT2D eigenvalue weighted by molar-refractivity contribution is 5.69. The molecular weight excluding hydrogens is 248 g/mol. The van der Waals surface area contributed by atoms with Crippen molar-refractivity contribution in [3.8, 4) is 0 Å². The molecule has 2 rings (SSSR count). The van der Waals surface area contributed by atoms with Crippen LogP contribution in [-0.2, 0) is 17.7 Å². The van der Waals surface area contributed by atoms with E-state index in [1.54, 1.807) is 0 Å². The van der Waals surface area contributed by atoms with Gasteiger partial charge in [-0.2, -0.15) is 0 Å². The molecule has 2 heterocycles. The quantitative estimate of drug-likeness (QED) is 0.740. The summed E-state index contributed by atoms with van der Waals surface area (Å²) in [5.74, 6) is 0.657. The lowest BCUT2D eigenvalue weighted by Gasteiger charge is -2.00. The highest BCUT2D eigenvalue weighted by Crippen LogP contribution is 2.05. The molecule has 0 aliphatic rings. The lowest BCUT2D eigenvalue weighted by Crippen LogP contribution is -2.29. The highest BCUT2D eigenvalue weighted by atomic mass is 16.5. The van der Waals surface area contributed by atoms with Gasteiger partial charge in [0.1, 0.15) is 11.3 Å². The van der Waals surface area contributed by atoms with E-state index in [9.17, 15) is 9.59 Å². The van der Waals surface area contributed by atoms with Crippen molar-refractivity contribution in [2.75, 3.05) is 13.2 Å². The molecule has 0 spiro atoms. The number of nitrogens with zero attached hydrogens (tertiary/aromatic N) is 2. The number of hydrogen-bond donors (Lipinski definition) is 2. The lowest BCUT2D eigenvalue weighted by molar-refractivity contribution is 0.137. The molecule has 0 radical (unpaired) electrons. The number of H-pyrrole nitrogens is 2. The molecule has 0 aliphatic carbocycles. The topological polar surface area (TPSA) is 92.8 Å². The maximum Gasteiger partial charge on any atom is 0.330 e. The number of hydrogen-bond acceptors (Lipinski definition) is 4. The molecule has 2 aromatic heterocycles. The van der Waals surface area contributed by atoms with E-state index >= 15 is 0 Å². The number of imidazole rings is 1. The van der Waals surface area contributed by atoms with Crippen molar-refractivity contribution in [1.29, 1.82) is 0 Å². The third-order valence-electron chi connectivity index (χ3n) is 2.83. The van der Waals surface area contributed by atoms with E-state index in [4.69, 9.17) is 4.74 Å². The van der Waals surface area contributed by atoms with Crippen LogP contribution in [0, 0.1) is 0 Å². The maximum absolute atomic E-state index is 11.7. The zero-order chi connectivity index (χ0) is 13.8. The summed E-state index contributed by atoms with van der Waals surface area (Å²) >= 11 is 0. The van der Waals surface area contributed by atoms with Gasteiger partial charge in [0.2, 0.25) is 0 Å². The smallest absolute Gasteiger partial charge is 0.330 e. The molecule has 0 aliphatic heterocycles. The normalized spacial score (nSPS) is 11.3. The van der Waals surface area contributed by atoms with E-state index in [0.717, 1.165) is 6.42 Å². The first kappa shape index (κ1) is 13.5. The van der Waals surface area contributed by atoms with Crippen LogP contribution >= 0.6 is 0 Å². The fraction of sp³-hybridized carbons (Fsp3) is 0.583. The van der Waals surface area contributed by atoms with Crippen molar-refractivity contribution in [3.05, 3.63) is 26.7 Å². The van der Waals surface area contributed by atoms with Crippen molar-refractivity contribution in [2.45, 2.75) is 33.2 Å². The number of nitrogens with one attached hydrogen (secondary N) is 2. The minimum atomic E-state index is -0.432. The summed E-state index contributed by atoms with van der Waals surface area (Å²) < 4.78 is 6.81. The number of rotatable bonds is 6. The summed E-state index contributed by atoms with van der Waals surface area (Å²) in [5.41, 5.74) is -0.119. The van der Waals surface area contributed by atoms with Gasteiger partial charge in [-0.3, -0.25) is 14.3 Å². The molecule has 0 fully saturated rings. The second-order valence-corrected chi connectivity index (χ2v) is 4.25. The van der Waals surface area contributed by atoms with Gasteiger partial charge in [-0.1, -0.05) is 6.92 Å². The van der Waals surface area contributed by atoms with Crippen molar-refractivity contribution in [1.82, 2.24) is 19.5 Å². The zero-order valence-electron chi connectivity index (χ0n) is 11.2. The molecule has 0 saturated heterocycles. The van der Waals surface area contributed by atoms with Crippen LogP contribution in [0.1, 0.15) is 26.1 Å². The molecule has 0 bridgehead atoms. The van der Waals surface area contributed by atoms with Gasteiger partial charge in [0, 0.05) is 19.6 Å². The van der Waals surface area contributed by atoms with Crippen LogP contribution in [0.4, 0.5) is 0 Å². The molecular formula is C12H18N4O3. The summed E-state index contributed by atoms with van der Waals surface area (Å²) in [6.07, 6.45) is 1.56. The van der Waals surface area contributed by atoms with Crippen LogP contribution < -0.4 is 11.2 Å². The Kier molecular flexibility index (Phi) is 4.16. The first-order valence-electron chi connectivity index (χ1n) is 6.46. The standard InChI is InChI=1S/C12H18N4O3/c1-3-6-19-7-5-8-13-9-10(14-8)16(4-2)12(18)15-11(9)17/h3-7H2,1-2H3,(H,13,14)(H,15,17,18). The predicted molar refractivity (Wildman–Crippen MR) is 71.5 cm³/mol. The Hall–Kier alpha value is -1.89. The molecule has 2 aromatic rings. The molecule has 0 atom stereocenters. The van der Waals surface area contributed by atoms with Gasteiger partial charge in [-0.15, -0.1) is 0 Å². The molecule has 7 nitrogen and oxygen atoms in total. The van der Waals surface area contributed by atoms with E-state index < -0.39 is 11.2 Å². The maximum atomic E-state index is 11.7. The van der Waals surface area contributed by atoms with Gasteiger partial charge < -0.3 is 9.72 Å². The van der Waals surface area contributed by atoms with E-state index in [0.29, 0.717) is 43.2 Å². The minimum Gasteiger partial charge on any atom is -0.381 e. The Labute approximate surface area is 109 Å². The molecule has 0 aromatic carbocycles. The van der Waals surface area contributed by atoms with E-state index in [1.165, 1.54) is 4.57 Å². The Morgan fingerprint density at radius 2 is 2.00 bits per heavy atom. The highest BCUT2D eigenvalue weighted by Gasteiger charge is 2.11. The van der Waals surface area contributed by atoms with Crippen LogP contribution in [-0.4, -0.2) is 32.7 Å². The van der Waals surface area contributed by atoms with Crippen LogP contribution in [0.15, 0.2) is 9.59 Å². The van der Waals surface area contributed by atoms with Gasteiger partial charge in [-0.25, -0.2) is 9.78 Å². The van der Waals surface area contributed by atoms with Crippen molar-refractivity contribution in [2.24, 2.45) is 0 Å². The average molecular weight is 266 g/mol. The fourth-order valence-electron chi connectivity index (χ4n) is 1.92. The summed E-state index contributed by atoms with van der Waals surface area (Å²) in [6.45, 7) is 5.59. The Balaban J connectivity index is 2.32. The minimum absolute atomic E-state index is 0.340. The predicted octanol–water partition coefficient (Wildman–Crippen LogP) is 0.402. The van der Waals surface area contributed by atoms with Crippen molar-refractivity contribution < 1.29 is 4.74 Å². The molecule has 104 valence electrons. The monoisotopic (exact) mass is 266 g/mol. The van der Waals surface area contributed by atoms with Crippen molar-refractivity contribution >= 4 is 11.2 Å². The van der Waals surface area contributed by atoms with Gasteiger partial charge in [-0.05, 0) is 13.3 Å². The summed E-state index contributed by atoms with van der Waals surface area (Å²) in [5, 5.41) is 0. The number of fused-ring (bicyclic) bond motifs is 1. The van der Waals surface area contributed by atoms with E-state index in [2.05, 4.69) is 15.0 Å². The molecule has 0 saturated carbocycles. The Morgan fingerprint density at radius 1 is 1.21 bits per heavy atom. The van der Waals surface area contributed by atoms with Gasteiger partial charge in [0.25, 0.3) is 5.56 Å². The SMILES string of the molecule is CCCOCCc1nc2c([nH]1)c(=O)[nH]c(=O)n2CC. The van der Waals surface area contributed by atoms with Crippen LogP contribution in [0.2, 0.25) is 0 Å². The number of ether oxygens (including phenoxy) is 1. The summed E-state index contributed by atoms with van der Waals surface area (Å²) in [4.78, 5) is 32.8. The molecule has 19 heavy (non-hydrogen) atoms. The second kappa shape index (κ2) is 5.83. The number of aromatic amines is 2. The first-order chi connectivity index (χ1) is 9.17. The number of aromatic nitrogens is 4. The first-order valence-corrected chi connectivity index (χ1v) is 6.46. The third-order valence-corrected chi connectivity index (χ3v) is 2.83. The molecule has 2 N–H and O–H groups in total. The van der Waals surface area contributed by atoms with Crippen LogP contribution in [0.25, 0.3) is 11.2 Å². The van der Waals surface area contributed by atoms with Crippen LogP contribution in [0.3, 0.4) is 0 Å². The largest absolute Gasteiger partial charge is 0.381 e. The lowest BCUT2D eigenvalue weighted by atomic mass is 10.4. The third kappa shape index (κ3) is 2.76. The fourth-order valence-corrected chi connectivity index (χ4v) is 1.92. The molecule has 7 heteroatoms. The van der Waals surface area contributed by atoms with E-state index in [1.807, 2.05) is 13.8 Å². The molecule has 0 amide bonds. The van der Waals surface area contributed by atoms with Crippen molar-refractivity contribution in [3.63, 3.8) is 0 Å². The van der Waals surface area contributed by atoms with E-state index in [-0.39, 0.29) is 0 Å². The Bertz CT molecular complexity index is 668.